The smallest absolute Gasteiger partial charge is 0.104 e. The molecule has 0 spiro atoms. The Bertz CT molecular complexity index is 186. The van der Waals surface area contributed by atoms with Crippen LogP contribution in [0.4, 0.5) is 0 Å². The van der Waals surface area contributed by atoms with E-state index in [0.717, 1.165) is 0 Å². The highest BCUT2D eigenvalue weighted by molar-refractivity contribution is 6.34. The Morgan fingerprint density at radius 3 is 2.64 bits per heavy atom. The van der Waals surface area contributed by atoms with Crippen LogP contribution in [0.15, 0.2) is 30.3 Å². The van der Waals surface area contributed by atoms with Gasteiger partial charge in [-0.05, 0) is 0 Å². The molecule has 0 aliphatic carbocycles. The standard InChI is InChI=1S/C7H7.C3H7.Al.H2/c1-7-5-3-2-4-6-7;1-3-2;;/h2-6H,1H2;1,3H2,2H3;;1H. The van der Waals surface area contributed by atoms with Crippen LogP contribution in [-0.4, -0.2) is 15.2 Å². The SMILES string of the molecule is CC[CH2][Al][CH2]c1ccccc1.[HH]. The summed E-state index contributed by atoms with van der Waals surface area (Å²) in [5.74, 6) is 0. The minimum absolute atomic E-state index is 0. The molecule has 0 aliphatic rings. The van der Waals surface area contributed by atoms with E-state index in [1.165, 1.54) is 22.5 Å². The van der Waals surface area contributed by atoms with E-state index in [4.69, 9.17) is 0 Å². The molecule has 1 heteroatoms. The lowest BCUT2D eigenvalue weighted by Crippen LogP contribution is -1.94. The van der Waals surface area contributed by atoms with Gasteiger partial charge in [-0.2, -0.15) is 0 Å². The number of rotatable bonds is 4. The fourth-order valence-electron chi connectivity index (χ4n) is 1.09. The lowest BCUT2D eigenvalue weighted by molar-refractivity contribution is 1.06. The molecule has 11 heavy (non-hydrogen) atoms. The van der Waals surface area contributed by atoms with Gasteiger partial charge in [-0.3, -0.25) is 0 Å². The van der Waals surface area contributed by atoms with Gasteiger partial charge in [0.25, 0.3) is 0 Å². The third-order valence-corrected chi connectivity index (χ3v) is 3.46. The van der Waals surface area contributed by atoms with E-state index in [-0.39, 0.29) is 1.43 Å². The summed E-state index contributed by atoms with van der Waals surface area (Å²) in [7, 11) is 0. The van der Waals surface area contributed by atoms with Gasteiger partial charge in [-0.15, -0.1) is 5.28 Å². The minimum Gasteiger partial charge on any atom is -0.104 e. The van der Waals surface area contributed by atoms with Crippen LogP contribution in [0.5, 0.6) is 0 Å². The molecule has 0 nitrogen and oxygen atoms in total. The summed E-state index contributed by atoms with van der Waals surface area (Å²) in [6, 6.07) is 10.8. The third-order valence-electron chi connectivity index (χ3n) is 1.72. The highest BCUT2D eigenvalue weighted by Crippen LogP contribution is 1.99. The fraction of sp³-hybridized carbons (Fsp3) is 0.400. The van der Waals surface area contributed by atoms with Crippen LogP contribution in [0.3, 0.4) is 0 Å². The van der Waals surface area contributed by atoms with Crippen molar-refractivity contribution in [1.29, 1.82) is 0 Å². The van der Waals surface area contributed by atoms with Gasteiger partial charge in [0.1, 0.15) is 0 Å². The van der Waals surface area contributed by atoms with Crippen molar-refractivity contribution in [3.8, 4) is 0 Å². The zero-order chi connectivity index (χ0) is 7.94. The van der Waals surface area contributed by atoms with Crippen LogP contribution in [-0.2, 0) is 5.28 Å². The van der Waals surface area contributed by atoms with Crippen LogP contribution in [0.2, 0.25) is 5.28 Å². The summed E-state index contributed by atoms with van der Waals surface area (Å²) in [4.78, 5) is 0. The summed E-state index contributed by atoms with van der Waals surface area (Å²) in [5, 5.41) is 2.77. The predicted octanol–water partition coefficient (Wildman–Crippen LogP) is 2.97. The highest BCUT2D eigenvalue weighted by atomic mass is 27.1. The number of hydrogen-bond donors (Lipinski definition) is 0. The zero-order valence-electron chi connectivity index (χ0n) is 7.09. The van der Waals surface area contributed by atoms with E-state index >= 15 is 0 Å². The molecule has 0 saturated heterocycles. The molecule has 0 heterocycles. The van der Waals surface area contributed by atoms with Crippen molar-refractivity contribution in [3.05, 3.63) is 35.9 Å². The number of hydrogen-bond acceptors (Lipinski definition) is 0. The summed E-state index contributed by atoms with van der Waals surface area (Å²) in [5.41, 5.74) is 1.51. The van der Waals surface area contributed by atoms with Gasteiger partial charge >= 0.3 is 0 Å². The molecule has 0 bridgehead atoms. The largest absolute Gasteiger partial charge is 0.207 e. The Morgan fingerprint density at radius 1 is 1.27 bits per heavy atom. The molecule has 1 rings (SSSR count). The van der Waals surface area contributed by atoms with Crippen LogP contribution in [0.25, 0.3) is 0 Å². The normalized spacial score (nSPS) is 9.55. The van der Waals surface area contributed by atoms with Crippen molar-refractivity contribution in [3.63, 3.8) is 0 Å². The van der Waals surface area contributed by atoms with Crippen molar-refractivity contribution in [2.45, 2.75) is 23.9 Å². The topological polar surface area (TPSA) is 0 Å². The van der Waals surface area contributed by atoms with Gasteiger partial charge in [-0.25, -0.2) is 0 Å². The summed E-state index contributed by atoms with van der Waals surface area (Å²) >= 11 is 0.661. The van der Waals surface area contributed by atoms with E-state index in [2.05, 4.69) is 37.3 Å². The lowest BCUT2D eigenvalue weighted by atomic mass is 10.2. The van der Waals surface area contributed by atoms with Crippen LogP contribution >= 0.6 is 0 Å². The third kappa shape index (κ3) is 3.60. The minimum atomic E-state index is 0. The van der Waals surface area contributed by atoms with Crippen molar-refractivity contribution in [2.75, 3.05) is 0 Å². The van der Waals surface area contributed by atoms with Crippen molar-refractivity contribution < 1.29 is 1.43 Å². The summed E-state index contributed by atoms with van der Waals surface area (Å²) in [6.07, 6.45) is 1.35. The second kappa shape index (κ2) is 5.41. The summed E-state index contributed by atoms with van der Waals surface area (Å²) in [6.45, 7) is 2.26. The zero-order valence-corrected chi connectivity index (χ0v) is 8.24. The Kier molecular flexibility index (Phi) is 4.35. The molecule has 0 aromatic heterocycles. The summed E-state index contributed by atoms with van der Waals surface area (Å²) < 4.78 is 0. The second-order valence-corrected chi connectivity index (χ2v) is 4.33. The molecular formula is C10H16Al. The van der Waals surface area contributed by atoms with Gasteiger partial charge in [0.05, 0.1) is 0 Å². The van der Waals surface area contributed by atoms with E-state index in [0.29, 0.717) is 15.2 Å². The van der Waals surface area contributed by atoms with Gasteiger partial charge in [0.2, 0.25) is 15.2 Å². The van der Waals surface area contributed by atoms with E-state index in [9.17, 15) is 0 Å². The molecule has 1 aromatic rings. The second-order valence-electron chi connectivity index (χ2n) is 2.77. The molecular weight excluding hydrogens is 147 g/mol. The molecule has 59 valence electrons. The first-order valence-electron chi connectivity index (χ1n) is 4.29. The first kappa shape index (κ1) is 8.85. The van der Waals surface area contributed by atoms with Gasteiger partial charge in [0.15, 0.2) is 0 Å². The Balaban J connectivity index is 0.00000121. The van der Waals surface area contributed by atoms with Crippen molar-refractivity contribution in [2.24, 2.45) is 0 Å². The molecule has 1 radical (unpaired) electrons. The maximum atomic E-state index is 2.26. The Morgan fingerprint density at radius 2 is 2.00 bits per heavy atom. The first-order valence-corrected chi connectivity index (χ1v) is 5.92. The molecule has 0 fully saturated rings. The molecule has 0 amide bonds. The van der Waals surface area contributed by atoms with Crippen LogP contribution < -0.4 is 0 Å². The van der Waals surface area contributed by atoms with E-state index in [1.807, 2.05) is 0 Å². The monoisotopic (exact) mass is 163 g/mol. The Labute approximate surface area is 76.8 Å². The van der Waals surface area contributed by atoms with Crippen molar-refractivity contribution in [1.82, 2.24) is 0 Å². The molecule has 0 aliphatic heterocycles. The van der Waals surface area contributed by atoms with Gasteiger partial charge < -0.3 is 0 Å². The average molecular weight is 163 g/mol. The van der Waals surface area contributed by atoms with Crippen molar-refractivity contribution >= 4 is 15.2 Å². The van der Waals surface area contributed by atoms with Gasteiger partial charge in [0, 0.05) is 1.43 Å². The van der Waals surface area contributed by atoms with E-state index in [1.54, 1.807) is 0 Å². The highest BCUT2D eigenvalue weighted by Gasteiger charge is 1.92. The average Bonchev–Trinajstić information content (AvgIpc) is 2.07. The van der Waals surface area contributed by atoms with Gasteiger partial charge in [-0.1, -0.05) is 54.5 Å². The lowest BCUT2D eigenvalue weighted by Gasteiger charge is -1.96. The predicted molar refractivity (Wildman–Crippen MR) is 53.1 cm³/mol. The maximum absolute atomic E-state index is 2.26. The molecule has 1 aromatic carbocycles. The molecule has 0 N–H and O–H groups in total. The molecule has 0 unspecified atom stereocenters. The Hall–Kier alpha value is -0.248. The molecule has 0 saturated carbocycles. The van der Waals surface area contributed by atoms with E-state index < -0.39 is 0 Å². The van der Waals surface area contributed by atoms with Crippen LogP contribution in [0.1, 0.15) is 20.3 Å². The number of benzene rings is 1. The molecule has 0 atom stereocenters. The van der Waals surface area contributed by atoms with Crippen LogP contribution in [0, 0.1) is 0 Å². The maximum Gasteiger partial charge on any atom is 0.207 e. The quantitative estimate of drug-likeness (QED) is 0.473. The first-order chi connectivity index (χ1) is 5.43. The fourth-order valence-corrected chi connectivity index (χ4v) is 2.30.